The van der Waals surface area contributed by atoms with E-state index in [1.165, 1.54) is 7.11 Å². The summed E-state index contributed by atoms with van der Waals surface area (Å²) in [6, 6.07) is 9.19. The van der Waals surface area contributed by atoms with Gasteiger partial charge < -0.3 is 14.2 Å². The molecular weight excluding hydrogens is 351 g/mol. The van der Waals surface area contributed by atoms with Crippen molar-refractivity contribution in [2.24, 2.45) is 0 Å². The zero-order valence-electron chi connectivity index (χ0n) is 9.80. The Balaban J connectivity index is 2.39. The van der Waals surface area contributed by atoms with Gasteiger partial charge in [0, 0.05) is 4.43 Å². The van der Waals surface area contributed by atoms with Crippen LogP contribution in [0.4, 0.5) is 4.79 Å². The first-order valence-corrected chi connectivity index (χ1v) is 6.71. The average Bonchev–Trinajstić information content (AvgIpc) is 2.42. The van der Waals surface area contributed by atoms with E-state index in [4.69, 9.17) is 9.47 Å². The van der Waals surface area contributed by atoms with Gasteiger partial charge in [-0.15, -0.1) is 0 Å². The minimum Gasteiger partial charge on any atom is -0.466 e. The molecule has 1 unspecified atom stereocenters. The Labute approximate surface area is 119 Å². The molecule has 6 heteroatoms. The number of benzene rings is 1. The van der Waals surface area contributed by atoms with Crippen LogP contribution in [0.25, 0.3) is 0 Å². The number of hydrogen-bond donors (Lipinski definition) is 0. The number of hydrogen-bond acceptors (Lipinski definition) is 5. The van der Waals surface area contributed by atoms with Crippen molar-refractivity contribution in [3.63, 3.8) is 0 Å². The monoisotopic (exact) mass is 364 g/mol. The molecule has 0 saturated heterocycles. The van der Waals surface area contributed by atoms with Crippen LogP contribution in [0.5, 0.6) is 0 Å². The first-order valence-electron chi connectivity index (χ1n) is 5.18. The smallest absolute Gasteiger partial charge is 0.466 e. The van der Waals surface area contributed by atoms with E-state index >= 15 is 0 Å². The number of alkyl halides is 1. The third-order valence-electron chi connectivity index (χ3n) is 2.04. The van der Waals surface area contributed by atoms with E-state index in [-0.39, 0.29) is 6.61 Å². The fourth-order valence-electron chi connectivity index (χ4n) is 1.14. The lowest BCUT2D eigenvalue weighted by molar-refractivity contribution is -0.150. The standard InChI is InChI=1S/C12H13IO5/c1-16-11(14)10(7-13)18-12(15)17-8-9-5-3-2-4-6-9/h2-6,10H,7-8H2,1H3. The molecule has 0 N–H and O–H groups in total. The van der Waals surface area contributed by atoms with Crippen molar-refractivity contribution < 1.29 is 23.8 Å². The molecule has 1 rings (SSSR count). The molecular formula is C12H13IO5. The van der Waals surface area contributed by atoms with Crippen molar-refractivity contribution in [2.75, 3.05) is 11.5 Å². The number of methoxy groups -OCH3 is 1. The van der Waals surface area contributed by atoms with Gasteiger partial charge in [-0.05, 0) is 5.56 Å². The van der Waals surface area contributed by atoms with Crippen molar-refractivity contribution in [1.82, 2.24) is 0 Å². The number of esters is 1. The first kappa shape index (κ1) is 14.7. The maximum atomic E-state index is 11.4. The molecule has 1 atom stereocenters. The molecule has 0 spiro atoms. The van der Waals surface area contributed by atoms with Crippen molar-refractivity contribution in [3.05, 3.63) is 35.9 Å². The molecule has 0 aliphatic carbocycles. The molecule has 0 aromatic heterocycles. The van der Waals surface area contributed by atoms with Gasteiger partial charge in [-0.3, -0.25) is 0 Å². The van der Waals surface area contributed by atoms with E-state index in [2.05, 4.69) is 4.74 Å². The Kier molecular flexibility index (Phi) is 6.48. The number of rotatable bonds is 5. The lowest BCUT2D eigenvalue weighted by atomic mass is 10.2. The lowest BCUT2D eigenvalue weighted by Crippen LogP contribution is -2.30. The summed E-state index contributed by atoms with van der Waals surface area (Å²) < 4.78 is 14.5. The summed E-state index contributed by atoms with van der Waals surface area (Å²) >= 11 is 1.93. The molecule has 0 radical (unpaired) electrons. The van der Waals surface area contributed by atoms with E-state index in [9.17, 15) is 9.59 Å². The van der Waals surface area contributed by atoms with E-state index < -0.39 is 18.2 Å². The summed E-state index contributed by atoms with van der Waals surface area (Å²) in [6.45, 7) is 0.106. The molecule has 98 valence electrons. The summed E-state index contributed by atoms with van der Waals surface area (Å²) in [7, 11) is 1.24. The molecule has 0 bridgehead atoms. The molecule has 0 amide bonds. The maximum absolute atomic E-state index is 11.4. The Morgan fingerprint density at radius 3 is 2.50 bits per heavy atom. The van der Waals surface area contributed by atoms with E-state index in [1.807, 2.05) is 52.9 Å². The minimum absolute atomic E-state index is 0.106. The van der Waals surface area contributed by atoms with Gasteiger partial charge in [0.2, 0.25) is 6.10 Å². The van der Waals surface area contributed by atoms with Gasteiger partial charge in [-0.1, -0.05) is 52.9 Å². The lowest BCUT2D eigenvalue weighted by Gasteiger charge is -2.12. The Morgan fingerprint density at radius 2 is 1.94 bits per heavy atom. The van der Waals surface area contributed by atoms with Gasteiger partial charge in [0.15, 0.2) is 0 Å². The van der Waals surface area contributed by atoms with Crippen molar-refractivity contribution >= 4 is 34.7 Å². The van der Waals surface area contributed by atoms with Crippen LogP contribution in [-0.4, -0.2) is 29.8 Å². The Morgan fingerprint density at radius 1 is 1.28 bits per heavy atom. The predicted molar refractivity (Wildman–Crippen MR) is 72.4 cm³/mol. The second-order valence-corrected chi connectivity index (χ2v) is 4.19. The van der Waals surface area contributed by atoms with E-state index in [1.54, 1.807) is 0 Å². The second-order valence-electron chi connectivity index (χ2n) is 3.31. The molecule has 0 saturated carbocycles. The number of carbonyl (C=O) groups excluding carboxylic acids is 2. The van der Waals surface area contributed by atoms with E-state index in [0.717, 1.165) is 5.56 Å². The number of ether oxygens (including phenoxy) is 3. The van der Waals surface area contributed by atoms with Crippen LogP contribution < -0.4 is 0 Å². The predicted octanol–water partition coefficient (Wildman–Crippen LogP) is 2.32. The summed E-state index contributed by atoms with van der Waals surface area (Å²) in [5.41, 5.74) is 0.846. The SMILES string of the molecule is COC(=O)C(CI)OC(=O)OCc1ccccc1. The van der Waals surface area contributed by atoms with E-state index in [0.29, 0.717) is 4.43 Å². The number of carbonyl (C=O) groups is 2. The fraction of sp³-hybridized carbons (Fsp3) is 0.333. The Hall–Kier alpha value is -1.31. The van der Waals surface area contributed by atoms with Gasteiger partial charge in [0.25, 0.3) is 0 Å². The van der Waals surface area contributed by atoms with Gasteiger partial charge in [0.1, 0.15) is 6.61 Å². The van der Waals surface area contributed by atoms with Crippen LogP contribution >= 0.6 is 22.6 Å². The van der Waals surface area contributed by atoms with Crippen LogP contribution in [0.15, 0.2) is 30.3 Å². The summed E-state index contributed by atoms with van der Waals surface area (Å²) in [6.07, 6.45) is -1.82. The van der Waals surface area contributed by atoms with Crippen LogP contribution in [0.3, 0.4) is 0 Å². The highest BCUT2D eigenvalue weighted by molar-refractivity contribution is 14.1. The summed E-state index contributed by atoms with van der Waals surface area (Å²) in [5, 5.41) is 0. The second kappa shape index (κ2) is 7.91. The zero-order chi connectivity index (χ0) is 13.4. The van der Waals surface area contributed by atoms with Crippen LogP contribution in [0.1, 0.15) is 5.56 Å². The van der Waals surface area contributed by atoms with Crippen LogP contribution in [0.2, 0.25) is 0 Å². The summed E-state index contributed by atoms with van der Waals surface area (Å²) in [4.78, 5) is 22.5. The topological polar surface area (TPSA) is 61.8 Å². The van der Waals surface area contributed by atoms with Crippen molar-refractivity contribution in [2.45, 2.75) is 12.7 Å². The normalized spacial score (nSPS) is 11.4. The zero-order valence-corrected chi connectivity index (χ0v) is 12.0. The Bertz CT molecular complexity index is 393. The van der Waals surface area contributed by atoms with Gasteiger partial charge >= 0.3 is 12.1 Å². The van der Waals surface area contributed by atoms with Crippen LogP contribution in [0, 0.1) is 0 Å². The molecule has 5 nitrogen and oxygen atoms in total. The average molecular weight is 364 g/mol. The highest BCUT2D eigenvalue weighted by atomic mass is 127. The number of halogens is 1. The van der Waals surface area contributed by atoms with Gasteiger partial charge in [-0.2, -0.15) is 0 Å². The fourth-order valence-corrected chi connectivity index (χ4v) is 1.68. The van der Waals surface area contributed by atoms with Gasteiger partial charge in [0.05, 0.1) is 7.11 Å². The maximum Gasteiger partial charge on any atom is 0.509 e. The molecule has 0 aliphatic heterocycles. The molecule has 0 heterocycles. The molecule has 0 fully saturated rings. The van der Waals surface area contributed by atoms with Crippen LogP contribution in [-0.2, 0) is 25.6 Å². The highest BCUT2D eigenvalue weighted by Crippen LogP contribution is 2.05. The largest absolute Gasteiger partial charge is 0.509 e. The van der Waals surface area contributed by atoms with Gasteiger partial charge in [-0.25, -0.2) is 9.59 Å². The first-order chi connectivity index (χ1) is 8.67. The molecule has 1 aromatic rings. The third kappa shape index (κ3) is 4.91. The molecule has 0 aliphatic rings. The summed E-state index contributed by atoms with van der Waals surface area (Å²) in [5.74, 6) is -0.596. The molecule has 1 aromatic carbocycles. The minimum atomic E-state index is -0.932. The van der Waals surface area contributed by atoms with Crippen molar-refractivity contribution in [1.29, 1.82) is 0 Å². The highest BCUT2D eigenvalue weighted by Gasteiger charge is 2.23. The third-order valence-corrected chi connectivity index (χ3v) is 2.84. The molecule has 18 heavy (non-hydrogen) atoms. The van der Waals surface area contributed by atoms with Crippen molar-refractivity contribution in [3.8, 4) is 0 Å². The quantitative estimate of drug-likeness (QED) is 0.456.